The van der Waals surface area contributed by atoms with E-state index in [-0.39, 0.29) is 12.0 Å². The van der Waals surface area contributed by atoms with Gasteiger partial charge in [0, 0.05) is 44.7 Å². The van der Waals surface area contributed by atoms with Crippen LogP contribution in [0.4, 0.5) is 26.3 Å². The number of hydrogen-bond donors (Lipinski definition) is 1. The van der Waals surface area contributed by atoms with Crippen molar-refractivity contribution in [2.24, 2.45) is 0 Å². The van der Waals surface area contributed by atoms with Gasteiger partial charge in [0.05, 0.1) is 5.56 Å². The first-order chi connectivity index (χ1) is 19.6. The third-order valence-corrected chi connectivity index (χ3v) is 6.56. The van der Waals surface area contributed by atoms with Crippen LogP contribution in [0.25, 0.3) is 0 Å². The summed E-state index contributed by atoms with van der Waals surface area (Å²) < 4.78 is 76.5. The Morgan fingerprint density at radius 3 is 1.93 bits per heavy atom. The number of halogens is 6. The van der Waals surface area contributed by atoms with Crippen LogP contribution in [0.3, 0.4) is 0 Å². The maximum atomic E-state index is 13.0. The number of alkyl halides is 6. The number of piperazine rings is 1. The molecule has 13 heteroatoms. The number of benzene rings is 2. The van der Waals surface area contributed by atoms with E-state index in [1.54, 1.807) is 0 Å². The first kappa shape index (κ1) is 34.9. The van der Waals surface area contributed by atoms with Crippen molar-refractivity contribution in [2.75, 3.05) is 53.4 Å². The van der Waals surface area contributed by atoms with Crippen LogP contribution in [0.2, 0.25) is 0 Å². The molecule has 0 aromatic heterocycles. The Hall–Kier alpha value is -3.32. The highest BCUT2D eigenvalue weighted by Crippen LogP contribution is 2.32. The number of carbonyl (C=O) groups excluding carboxylic acids is 1. The molecule has 2 aromatic carbocycles. The number of carboxylic acid groups (broad SMARTS) is 1. The average molecular weight is 606 g/mol. The lowest BCUT2D eigenvalue weighted by Gasteiger charge is -2.34. The molecule has 1 atom stereocenters. The fraction of sp³-hybridized carbons (Fsp3) is 0.517. The molecule has 1 heterocycles. The van der Waals surface area contributed by atoms with Gasteiger partial charge in [0.25, 0.3) is 5.91 Å². The molecule has 0 bridgehead atoms. The van der Waals surface area contributed by atoms with Crippen molar-refractivity contribution in [2.45, 2.75) is 44.6 Å². The van der Waals surface area contributed by atoms with Gasteiger partial charge >= 0.3 is 18.3 Å². The monoisotopic (exact) mass is 605 g/mol. The van der Waals surface area contributed by atoms with E-state index >= 15 is 0 Å². The van der Waals surface area contributed by atoms with Gasteiger partial charge in [-0.05, 0) is 69.0 Å². The van der Waals surface area contributed by atoms with Crippen LogP contribution in [-0.2, 0) is 11.0 Å². The van der Waals surface area contributed by atoms with E-state index in [0.717, 1.165) is 57.0 Å². The van der Waals surface area contributed by atoms with E-state index in [1.165, 1.54) is 25.0 Å². The zero-order valence-electron chi connectivity index (χ0n) is 23.8. The number of carboxylic acids is 1. The van der Waals surface area contributed by atoms with Crippen LogP contribution in [0.15, 0.2) is 48.5 Å². The van der Waals surface area contributed by atoms with Crippen LogP contribution < -0.4 is 4.74 Å². The van der Waals surface area contributed by atoms with Crippen LogP contribution in [-0.4, -0.2) is 91.2 Å². The number of ether oxygens (including phenoxy) is 1. The molecule has 1 aliphatic rings. The quantitative estimate of drug-likeness (QED) is 0.337. The maximum Gasteiger partial charge on any atom is 0.490 e. The van der Waals surface area contributed by atoms with Crippen LogP contribution in [0.5, 0.6) is 5.75 Å². The normalized spacial score (nSPS) is 15.1. The molecule has 2 aromatic rings. The van der Waals surface area contributed by atoms with Gasteiger partial charge in [-0.1, -0.05) is 25.5 Å². The van der Waals surface area contributed by atoms with Gasteiger partial charge in [-0.15, -0.1) is 0 Å². The Kier molecular flexibility index (Phi) is 13.1. The Bertz CT molecular complexity index is 1110. The van der Waals surface area contributed by atoms with E-state index in [4.69, 9.17) is 14.6 Å². The third kappa shape index (κ3) is 11.5. The highest BCUT2D eigenvalue weighted by molar-refractivity contribution is 5.94. The molecule has 7 nitrogen and oxygen atoms in total. The van der Waals surface area contributed by atoms with Gasteiger partial charge in [-0.2, -0.15) is 26.3 Å². The summed E-state index contributed by atoms with van der Waals surface area (Å²) in [5, 5.41) is 7.12. The topological polar surface area (TPSA) is 73.3 Å². The Balaban J connectivity index is 0.000000782. The minimum absolute atomic E-state index is 0.0280. The summed E-state index contributed by atoms with van der Waals surface area (Å²) in [7, 11) is 3.91. The molecule has 0 radical (unpaired) electrons. The molecular formula is C29H37F6N3O4. The van der Waals surface area contributed by atoms with Gasteiger partial charge < -0.3 is 19.6 Å². The molecule has 1 saturated heterocycles. The van der Waals surface area contributed by atoms with Crippen molar-refractivity contribution in [3.8, 4) is 5.75 Å². The fourth-order valence-corrected chi connectivity index (χ4v) is 4.14. The van der Waals surface area contributed by atoms with Crippen molar-refractivity contribution < 1.29 is 45.8 Å². The van der Waals surface area contributed by atoms with Crippen LogP contribution in [0, 0.1) is 0 Å². The summed E-state index contributed by atoms with van der Waals surface area (Å²) >= 11 is 0. The van der Waals surface area contributed by atoms with E-state index in [0.29, 0.717) is 17.7 Å². The number of carbonyl (C=O) groups is 2. The van der Waals surface area contributed by atoms with E-state index in [1.807, 2.05) is 48.2 Å². The van der Waals surface area contributed by atoms with Gasteiger partial charge in [-0.3, -0.25) is 9.69 Å². The SMILES string of the molecule is CCCCN1CCN(C(=O)c2ccc(C(CCN(C)C)Oc3ccc(C(F)(F)F)cc3)cc2)CC1.O=C(O)C(F)(F)F. The maximum absolute atomic E-state index is 13.0. The standard InChI is InChI=1S/C27H36F3N3O2.C2HF3O2/c1-4-5-15-32-17-19-33(20-18-32)26(34)22-8-6-21(7-9-22)25(14-16-31(2)3)35-24-12-10-23(11-13-24)27(28,29)30;3-2(4,5)1(6)7/h6-13,25H,4-5,14-20H2,1-3H3;(H,6,7). The summed E-state index contributed by atoms with van der Waals surface area (Å²) in [6.45, 7) is 7.27. The second-order valence-electron chi connectivity index (χ2n) is 10.1. The second-order valence-corrected chi connectivity index (χ2v) is 10.1. The number of unbranched alkanes of at least 4 members (excludes halogenated alkanes) is 1. The van der Waals surface area contributed by atoms with Gasteiger partial charge in [0.2, 0.25) is 0 Å². The molecule has 1 unspecified atom stereocenters. The van der Waals surface area contributed by atoms with Crippen LogP contribution in [0.1, 0.15) is 53.8 Å². The molecule has 0 spiro atoms. The number of amides is 1. The van der Waals surface area contributed by atoms with Gasteiger partial charge in [-0.25, -0.2) is 4.79 Å². The molecule has 1 aliphatic heterocycles. The van der Waals surface area contributed by atoms with Gasteiger partial charge in [0.15, 0.2) is 0 Å². The van der Waals surface area contributed by atoms with Crippen molar-refractivity contribution in [1.82, 2.24) is 14.7 Å². The lowest BCUT2D eigenvalue weighted by molar-refractivity contribution is -0.192. The van der Waals surface area contributed by atoms with Crippen molar-refractivity contribution in [3.05, 3.63) is 65.2 Å². The van der Waals surface area contributed by atoms with Crippen molar-refractivity contribution >= 4 is 11.9 Å². The van der Waals surface area contributed by atoms with Crippen molar-refractivity contribution in [1.29, 1.82) is 0 Å². The summed E-state index contributed by atoms with van der Waals surface area (Å²) in [4.78, 5) is 28.2. The molecule has 3 rings (SSSR count). The lowest BCUT2D eigenvalue weighted by Crippen LogP contribution is -2.48. The van der Waals surface area contributed by atoms with E-state index in [2.05, 4.69) is 11.8 Å². The molecule has 1 fully saturated rings. The van der Waals surface area contributed by atoms with Gasteiger partial charge in [0.1, 0.15) is 11.9 Å². The molecule has 1 amide bonds. The zero-order valence-corrected chi connectivity index (χ0v) is 23.8. The third-order valence-electron chi connectivity index (χ3n) is 6.56. The Labute approximate surface area is 241 Å². The first-order valence-electron chi connectivity index (χ1n) is 13.5. The summed E-state index contributed by atoms with van der Waals surface area (Å²) in [6.07, 6.45) is -6.81. The molecule has 42 heavy (non-hydrogen) atoms. The largest absolute Gasteiger partial charge is 0.490 e. The molecule has 0 aliphatic carbocycles. The highest BCUT2D eigenvalue weighted by atomic mass is 19.4. The smallest absolute Gasteiger partial charge is 0.486 e. The fourth-order valence-electron chi connectivity index (χ4n) is 4.14. The van der Waals surface area contributed by atoms with Crippen molar-refractivity contribution in [3.63, 3.8) is 0 Å². The van der Waals surface area contributed by atoms with Crippen LogP contribution >= 0.6 is 0 Å². The summed E-state index contributed by atoms with van der Waals surface area (Å²) in [5.74, 6) is -2.35. The predicted molar refractivity (Wildman–Crippen MR) is 145 cm³/mol. The average Bonchev–Trinajstić information content (AvgIpc) is 2.93. The molecule has 234 valence electrons. The highest BCUT2D eigenvalue weighted by Gasteiger charge is 2.38. The zero-order chi connectivity index (χ0) is 31.5. The Morgan fingerprint density at radius 2 is 1.48 bits per heavy atom. The summed E-state index contributed by atoms with van der Waals surface area (Å²) in [6, 6.07) is 12.2. The molecule has 1 N–H and O–H groups in total. The second kappa shape index (κ2) is 15.8. The summed E-state index contributed by atoms with van der Waals surface area (Å²) in [5.41, 5.74) is 0.813. The number of rotatable bonds is 10. The Morgan fingerprint density at radius 1 is 0.929 bits per heavy atom. The van der Waals surface area contributed by atoms with E-state index < -0.39 is 23.9 Å². The minimum Gasteiger partial charge on any atom is -0.486 e. The number of nitrogens with zero attached hydrogens (tertiary/aromatic N) is 3. The predicted octanol–water partition coefficient (Wildman–Crippen LogP) is 5.97. The van der Waals surface area contributed by atoms with E-state index in [9.17, 15) is 31.1 Å². The molecule has 0 saturated carbocycles. The lowest BCUT2D eigenvalue weighted by atomic mass is 10.0. The molecular weight excluding hydrogens is 568 g/mol. The first-order valence-corrected chi connectivity index (χ1v) is 13.5. The number of aliphatic carboxylic acids is 1. The minimum atomic E-state index is -5.08. The number of hydrogen-bond acceptors (Lipinski definition) is 5.